The van der Waals surface area contributed by atoms with Crippen molar-refractivity contribution in [3.05, 3.63) is 115 Å². The van der Waals surface area contributed by atoms with E-state index in [4.69, 9.17) is 0 Å². The van der Waals surface area contributed by atoms with E-state index in [1.165, 1.54) is 37.6 Å². The van der Waals surface area contributed by atoms with Gasteiger partial charge in [-0.2, -0.15) is 10.2 Å². The van der Waals surface area contributed by atoms with Crippen LogP contribution in [-0.4, -0.2) is 10.2 Å². The van der Waals surface area contributed by atoms with Gasteiger partial charge in [0.1, 0.15) is 5.82 Å². The normalized spacial score (nSPS) is 16.4. The first kappa shape index (κ1) is 21.0. The Labute approximate surface area is 198 Å². The van der Waals surface area contributed by atoms with E-state index >= 15 is 0 Å². The van der Waals surface area contributed by atoms with Crippen molar-refractivity contribution in [1.29, 1.82) is 0 Å². The second-order valence-electron chi connectivity index (χ2n) is 9.71. The van der Waals surface area contributed by atoms with Gasteiger partial charge >= 0.3 is 0 Å². The second-order valence-corrected chi connectivity index (χ2v) is 9.71. The van der Waals surface area contributed by atoms with Crippen LogP contribution in [-0.2, 0) is 12.8 Å². The fraction of sp³-hybridized carbons (Fsp3) is 0.226. The smallest absolute Gasteiger partial charge is 0.126 e. The molecule has 2 aliphatic rings. The molecule has 168 valence electrons. The highest BCUT2D eigenvalue weighted by Gasteiger charge is 2.22. The fourth-order valence-corrected chi connectivity index (χ4v) is 5.59. The van der Waals surface area contributed by atoms with Crippen molar-refractivity contribution < 1.29 is 4.39 Å². The minimum absolute atomic E-state index is 0.126. The molecule has 3 heteroatoms. The zero-order chi connectivity index (χ0) is 23.4. The average Bonchev–Trinajstić information content (AvgIpc) is 2.85. The molecular weight excluding hydrogens is 419 g/mol. The quantitative estimate of drug-likeness (QED) is 0.417. The zero-order valence-corrected chi connectivity index (χ0v) is 19.8. The molecule has 3 aromatic carbocycles. The van der Waals surface area contributed by atoms with Gasteiger partial charge in [-0.05, 0) is 112 Å². The van der Waals surface area contributed by atoms with Crippen LogP contribution in [0.25, 0.3) is 22.9 Å². The summed E-state index contributed by atoms with van der Waals surface area (Å²) < 4.78 is 14.4. The van der Waals surface area contributed by atoms with E-state index in [1.54, 1.807) is 6.07 Å². The summed E-state index contributed by atoms with van der Waals surface area (Å²) in [6.07, 6.45) is 5.41. The summed E-state index contributed by atoms with van der Waals surface area (Å²) in [5.41, 5.74) is 8.76. The lowest BCUT2D eigenvalue weighted by Gasteiger charge is -2.26. The summed E-state index contributed by atoms with van der Waals surface area (Å²) in [6.45, 7) is 6.04. The highest BCUT2D eigenvalue weighted by Crippen LogP contribution is 2.31. The SMILES string of the molecule is Cc1ccc(-c2ccc3c(c2)=CCc2c4c(ccc2=3)=C(c2ccc(C)c(F)c2)C(C)CC4)nn1. The number of aromatic nitrogens is 2. The molecule has 0 aliphatic heterocycles. The molecule has 0 spiro atoms. The molecule has 1 atom stereocenters. The first-order valence-corrected chi connectivity index (χ1v) is 12.1. The molecule has 0 saturated carbocycles. The predicted octanol–water partition coefficient (Wildman–Crippen LogP) is 5.30. The summed E-state index contributed by atoms with van der Waals surface area (Å²) in [5.74, 6) is 0.282. The molecule has 1 unspecified atom stereocenters. The van der Waals surface area contributed by atoms with Crippen molar-refractivity contribution >= 4 is 11.6 Å². The first-order chi connectivity index (χ1) is 16.5. The second kappa shape index (κ2) is 8.02. The van der Waals surface area contributed by atoms with Gasteiger partial charge in [0, 0.05) is 5.56 Å². The van der Waals surface area contributed by atoms with E-state index < -0.39 is 0 Å². The van der Waals surface area contributed by atoms with Gasteiger partial charge in [-0.25, -0.2) is 4.39 Å². The molecule has 0 saturated heterocycles. The number of aryl methyl sites for hydroxylation is 2. The molecule has 4 aromatic rings. The molecule has 6 rings (SSSR count). The van der Waals surface area contributed by atoms with Crippen molar-refractivity contribution in [3.63, 3.8) is 0 Å². The number of hydrogen-bond donors (Lipinski definition) is 0. The topological polar surface area (TPSA) is 25.8 Å². The molecule has 0 bridgehead atoms. The summed E-state index contributed by atoms with van der Waals surface area (Å²) >= 11 is 0. The van der Waals surface area contributed by atoms with E-state index in [9.17, 15) is 4.39 Å². The lowest BCUT2D eigenvalue weighted by Crippen LogP contribution is -2.26. The van der Waals surface area contributed by atoms with Gasteiger partial charge in [0.25, 0.3) is 0 Å². The molecule has 0 amide bonds. The maximum Gasteiger partial charge on any atom is 0.126 e. The standard InChI is InChI=1S/C31H27FN2/c1-18-4-7-23(17-29(18)32)31-19(2)5-10-27-26-12-8-21-16-22(30-15-6-20(3)33-34-30)9-11-24(21)25(26)13-14-28(27)31/h4,6-9,11,13-17,19H,5,10,12H2,1-3H3. The zero-order valence-electron chi connectivity index (χ0n) is 19.8. The van der Waals surface area contributed by atoms with Crippen molar-refractivity contribution in [2.24, 2.45) is 5.92 Å². The number of hydrogen-bond acceptors (Lipinski definition) is 2. The maximum atomic E-state index is 14.4. The summed E-state index contributed by atoms with van der Waals surface area (Å²) in [4.78, 5) is 0. The Bertz CT molecular complexity index is 1670. The molecule has 1 aromatic heterocycles. The Hall–Kier alpha value is -3.59. The van der Waals surface area contributed by atoms with Gasteiger partial charge in [0.2, 0.25) is 0 Å². The largest absolute Gasteiger partial charge is 0.207 e. The Kier molecular flexibility index (Phi) is 4.95. The molecular formula is C31H27FN2. The minimum Gasteiger partial charge on any atom is -0.207 e. The summed E-state index contributed by atoms with van der Waals surface area (Å²) in [7, 11) is 0. The lowest BCUT2D eigenvalue weighted by atomic mass is 9.78. The van der Waals surface area contributed by atoms with Crippen LogP contribution in [0.2, 0.25) is 0 Å². The molecule has 2 aliphatic carbocycles. The fourth-order valence-electron chi connectivity index (χ4n) is 5.59. The Morgan fingerprint density at radius 2 is 1.59 bits per heavy atom. The average molecular weight is 447 g/mol. The van der Waals surface area contributed by atoms with Crippen LogP contribution in [0.1, 0.15) is 41.3 Å². The van der Waals surface area contributed by atoms with Crippen LogP contribution in [0.4, 0.5) is 4.39 Å². The lowest BCUT2D eigenvalue weighted by molar-refractivity contribution is 0.614. The van der Waals surface area contributed by atoms with E-state index in [2.05, 4.69) is 59.6 Å². The van der Waals surface area contributed by atoms with Crippen molar-refractivity contribution in [3.8, 4) is 11.3 Å². The highest BCUT2D eigenvalue weighted by atomic mass is 19.1. The number of fused-ring (bicyclic) bond motifs is 4. The number of nitrogens with zero attached hydrogens (tertiary/aromatic N) is 2. The van der Waals surface area contributed by atoms with Crippen LogP contribution in [0.15, 0.2) is 60.7 Å². The van der Waals surface area contributed by atoms with Crippen molar-refractivity contribution in [2.75, 3.05) is 0 Å². The van der Waals surface area contributed by atoms with E-state index in [0.29, 0.717) is 11.5 Å². The van der Waals surface area contributed by atoms with Crippen LogP contribution in [0.3, 0.4) is 0 Å². The van der Waals surface area contributed by atoms with Crippen LogP contribution >= 0.6 is 0 Å². The molecule has 0 fully saturated rings. The predicted molar refractivity (Wildman–Crippen MR) is 135 cm³/mol. The molecule has 34 heavy (non-hydrogen) atoms. The first-order valence-electron chi connectivity index (χ1n) is 12.1. The highest BCUT2D eigenvalue weighted by molar-refractivity contribution is 5.70. The van der Waals surface area contributed by atoms with Crippen molar-refractivity contribution in [2.45, 2.75) is 40.0 Å². The maximum absolute atomic E-state index is 14.4. The van der Waals surface area contributed by atoms with Gasteiger partial charge in [-0.3, -0.25) is 0 Å². The Balaban J connectivity index is 1.58. The number of halogens is 1. The van der Waals surface area contributed by atoms with Crippen molar-refractivity contribution in [1.82, 2.24) is 10.2 Å². The molecule has 0 radical (unpaired) electrons. The van der Waals surface area contributed by atoms with Gasteiger partial charge in [0.05, 0.1) is 11.4 Å². The number of rotatable bonds is 2. The molecule has 0 N–H and O–H groups in total. The van der Waals surface area contributed by atoms with Gasteiger partial charge in [0.15, 0.2) is 0 Å². The van der Waals surface area contributed by atoms with Crippen LogP contribution in [0.5, 0.6) is 0 Å². The minimum atomic E-state index is -0.126. The van der Waals surface area contributed by atoms with Crippen LogP contribution in [0, 0.1) is 36.0 Å². The molecule has 1 heterocycles. The third-order valence-electron chi connectivity index (χ3n) is 7.49. The summed E-state index contributed by atoms with van der Waals surface area (Å²) in [5, 5.41) is 13.7. The molecule has 2 nitrogen and oxygen atoms in total. The Morgan fingerprint density at radius 1 is 0.794 bits per heavy atom. The summed E-state index contributed by atoms with van der Waals surface area (Å²) in [6, 6.07) is 20.9. The monoisotopic (exact) mass is 446 g/mol. The van der Waals surface area contributed by atoms with Gasteiger partial charge < -0.3 is 0 Å². The van der Waals surface area contributed by atoms with Gasteiger partial charge in [-0.15, -0.1) is 0 Å². The number of benzene rings is 3. The van der Waals surface area contributed by atoms with Crippen LogP contribution < -0.4 is 10.4 Å². The van der Waals surface area contributed by atoms with Gasteiger partial charge in [-0.1, -0.05) is 49.4 Å². The third-order valence-corrected chi connectivity index (χ3v) is 7.49. The van der Waals surface area contributed by atoms with E-state index in [-0.39, 0.29) is 5.82 Å². The van der Waals surface area contributed by atoms with E-state index in [0.717, 1.165) is 41.8 Å². The van der Waals surface area contributed by atoms with E-state index in [1.807, 2.05) is 32.0 Å². The Morgan fingerprint density at radius 3 is 2.38 bits per heavy atom. The third kappa shape index (κ3) is 3.38.